The minimum atomic E-state index is -0.576. The molecule has 0 saturated heterocycles. The molecule has 0 atom stereocenters. The van der Waals surface area contributed by atoms with Crippen LogP contribution in [0.25, 0.3) is 21.9 Å². The molecule has 0 saturated carbocycles. The summed E-state index contributed by atoms with van der Waals surface area (Å²) in [5.41, 5.74) is 4.90. The Balaban J connectivity index is 1.20. The first-order valence-electron chi connectivity index (χ1n) is 12.5. The quantitative estimate of drug-likeness (QED) is 0.306. The van der Waals surface area contributed by atoms with Gasteiger partial charge in [0.2, 0.25) is 0 Å². The summed E-state index contributed by atoms with van der Waals surface area (Å²) < 4.78 is 20.2. The number of amides is 1. The number of hydrogen-bond acceptors (Lipinski definition) is 5. The van der Waals surface area contributed by atoms with Gasteiger partial charge in [-0.25, -0.2) is 19.3 Å². The van der Waals surface area contributed by atoms with Gasteiger partial charge in [-0.15, -0.1) is 0 Å². The summed E-state index contributed by atoms with van der Waals surface area (Å²) in [4.78, 5) is 28.9. The number of amidine groups is 1. The van der Waals surface area contributed by atoms with Crippen molar-refractivity contribution in [2.45, 2.75) is 19.4 Å². The summed E-state index contributed by atoms with van der Waals surface area (Å²) in [7, 11) is 0. The number of halogens is 1. The second kappa shape index (κ2) is 10.3. The van der Waals surface area contributed by atoms with E-state index in [1.54, 1.807) is 18.2 Å². The molecule has 1 aliphatic heterocycles. The van der Waals surface area contributed by atoms with E-state index in [9.17, 15) is 14.0 Å². The molecule has 8 heteroatoms. The average molecular weight is 519 g/mol. The van der Waals surface area contributed by atoms with E-state index in [1.165, 1.54) is 6.07 Å². The average Bonchev–Trinajstić information content (AvgIpc) is 3.36. The molecule has 1 aromatic heterocycles. The number of nitrogens with one attached hydrogen (secondary N) is 2. The number of benzene rings is 4. The number of carbonyl (C=O) groups is 1. The van der Waals surface area contributed by atoms with E-state index < -0.39 is 6.09 Å². The van der Waals surface area contributed by atoms with Gasteiger partial charge in [-0.05, 0) is 46.5 Å². The summed E-state index contributed by atoms with van der Waals surface area (Å²) >= 11 is 0. The number of nitrogens with zero attached hydrogens (tertiary/aromatic N) is 2. The van der Waals surface area contributed by atoms with Gasteiger partial charge in [0.25, 0.3) is 5.56 Å². The van der Waals surface area contributed by atoms with Gasteiger partial charge in [0.15, 0.2) is 0 Å². The summed E-state index contributed by atoms with van der Waals surface area (Å²) in [5.74, 6) is 0.119. The number of aromatic amines is 1. The lowest BCUT2D eigenvalue weighted by Crippen LogP contribution is -2.30. The van der Waals surface area contributed by atoms with Crippen LogP contribution >= 0.6 is 0 Å². The Labute approximate surface area is 223 Å². The number of aliphatic imine (C=N–C) groups is 1. The van der Waals surface area contributed by atoms with Crippen LogP contribution in [0, 0.1) is 5.82 Å². The van der Waals surface area contributed by atoms with E-state index >= 15 is 0 Å². The predicted molar refractivity (Wildman–Crippen MR) is 148 cm³/mol. The molecule has 192 valence electrons. The predicted octanol–water partition coefficient (Wildman–Crippen LogP) is 5.83. The molecule has 2 heterocycles. The monoisotopic (exact) mass is 518 g/mol. The number of H-pyrrole nitrogens is 1. The smallest absolute Gasteiger partial charge is 0.412 e. The minimum Gasteiger partial charge on any atom is -0.444 e. The zero-order valence-corrected chi connectivity index (χ0v) is 20.8. The molecule has 4 aromatic carbocycles. The number of alkyl carbamates (subject to hydrolysis) is 1. The standard InChI is InChI=1S/C31H23FN4O3/c32-26-13-10-20(15-28-23-8-4-5-9-24(23)30(37)36-35-28)14-25(26)21-11-12-22-17-29(33-27(22)16-21)34-31(38)39-18-19-6-2-1-3-7-19/h1-14,16H,15,17-18H2,(H,36,37)(H,33,34,38). The van der Waals surface area contributed by atoms with Gasteiger partial charge < -0.3 is 4.74 Å². The molecule has 1 amide bonds. The first-order chi connectivity index (χ1) is 19.0. The highest BCUT2D eigenvalue weighted by atomic mass is 19.1. The van der Waals surface area contributed by atoms with Crippen LogP contribution in [-0.4, -0.2) is 22.1 Å². The second-order valence-corrected chi connectivity index (χ2v) is 9.30. The molecule has 2 N–H and O–H groups in total. The van der Waals surface area contributed by atoms with Crippen LogP contribution in [0.4, 0.5) is 14.9 Å². The fourth-order valence-electron chi connectivity index (χ4n) is 4.70. The molecule has 0 spiro atoms. The summed E-state index contributed by atoms with van der Waals surface area (Å²) in [6.07, 6.45) is 0.295. The van der Waals surface area contributed by atoms with Gasteiger partial charge in [-0.2, -0.15) is 5.10 Å². The Bertz CT molecular complexity index is 1800. The van der Waals surface area contributed by atoms with E-state index in [-0.39, 0.29) is 18.0 Å². The number of hydrogen-bond donors (Lipinski definition) is 2. The maximum Gasteiger partial charge on any atom is 0.412 e. The van der Waals surface area contributed by atoms with Crippen molar-refractivity contribution in [1.29, 1.82) is 0 Å². The Hall–Kier alpha value is -5.11. The normalized spacial score (nSPS) is 12.2. The van der Waals surface area contributed by atoms with Gasteiger partial charge in [0, 0.05) is 23.8 Å². The lowest BCUT2D eigenvalue weighted by atomic mass is 9.97. The van der Waals surface area contributed by atoms with E-state index in [0.717, 1.165) is 22.1 Å². The van der Waals surface area contributed by atoms with Gasteiger partial charge in [0.1, 0.15) is 18.3 Å². The lowest BCUT2D eigenvalue weighted by Gasteiger charge is -2.09. The van der Waals surface area contributed by atoms with Crippen LogP contribution in [-0.2, 0) is 24.2 Å². The summed E-state index contributed by atoms with van der Waals surface area (Å²) in [6.45, 7) is 0.164. The van der Waals surface area contributed by atoms with Crippen molar-refractivity contribution >= 4 is 28.4 Å². The number of ether oxygens (including phenoxy) is 1. The SMILES string of the molecule is O=C(NC1=Nc2cc(-c3cc(Cc4n[nH]c(=O)c5ccccc45)ccc3F)ccc2C1)OCc1ccccc1. The molecule has 5 aromatic rings. The van der Waals surface area contributed by atoms with Crippen LogP contribution in [0.2, 0.25) is 0 Å². The van der Waals surface area contributed by atoms with Gasteiger partial charge in [0.05, 0.1) is 16.8 Å². The highest BCUT2D eigenvalue weighted by molar-refractivity contribution is 6.01. The van der Waals surface area contributed by atoms with E-state index in [2.05, 4.69) is 20.5 Å². The van der Waals surface area contributed by atoms with Crippen molar-refractivity contribution in [2.24, 2.45) is 4.99 Å². The van der Waals surface area contributed by atoms with Crippen molar-refractivity contribution in [3.63, 3.8) is 0 Å². The molecular weight excluding hydrogens is 495 g/mol. The minimum absolute atomic E-state index is 0.164. The topological polar surface area (TPSA) is 96.4 Å². The van der Waals surface area contributed by atoms with E-state index in [0.29, 0.717) is 46.6 Å². The molecule has 6 rings (SSSR count). The first kappa shape index (κ1) is 24.2. The van der Waals surface area contributed by atoms with Crippen LogP contribution < -0.4 is 10.9 Å². The van der Waals surface area contributed by atoms with Crippen LogP contribution in [0.1, 0.15) is 22.4 Å². The number of aromatic nitrogens is 2. The Morgan fingerprint density at radius 3 is 2.56 bits per heavy atom. The Morgan fingerprint density at radius 1 is 0.923 bits per heavy atom. The van der Waals surface area contributed by atoms with E-state index in [1.807, 2.05) is 66.7 Å². The summed E-state index contributed by atoms with van der Waals surface area (Å²) in [6, 6.07) is 27.2. The zero-order valence-electron chi connectivity index (χ0n) is 20.8. The van der Waals surface area contributed by atoms with Gasteiger partial charge in [-0.3, -0.25) is 10.1 Å². The largest absolute Gasteiger partial charge is 0.444 e. The van der Waals surface area contributed by atoms with Crippen molar-refractivity contribution in [1.82, 2.24) is 15.5 Å². The molecule has 0 bridgehead atoms. The van der Waals surface area contributed by atoms with Crippen molar-refractivity contribution in [3.8, 4) is 11.1 Å². The number of fused-ring (bicyclic) bond motifs is 2. The van der Waals surface area contributed by atoms with Crippen LogP contribution in [0.15, 0.2) is 101 Å². The number of carbonyl (C=O) groups excluding carboxylic acids is 1. The molecular formula is C31H23FN4O3. The van der Waals surface area contributed by atoms with Crippen molar-refractivity contribution in [3.05, 3.63) is 130 Å². The Morgan fingerprint density at radius 2 is 1.72 bits per heavy atom. The fourth-order valence-corrected chi connectivity index (χ4v) is 4.70. The molecule has 39 heavy (non-hydrogen) atoms. The maximum atomic E-state index is 15.0. The third-order valence-corrected chi connectivity index (χ3v) is 6.65. The van der Waals surface area contributed by atoms with Gasteiger partial charge >= 0.3 is 6.09 Å². The molecule has 0 aliphatic carbocycles. The highest BCUT2D eigenvalue weighted by Gasteiger charge is 2.19. The maximum absolute atomic E-state index is 15.0. The molecule has 0 unspecified atom stereocenters. The number of rotatable bonds is 5. The first-order valence-corrected chi connectivity index (χ1v) is 12.5. The Kier molecular flexibility index (Phi) is 6.42. The molecule has 0 fully saturated rings. The van der Waals surface area contributed by atoms with Crippen LogP contribution in [0.3, 0.4) is 0 Å². The van der Waals surface area contributed by atoms with Crippen molar-refractivity contribution in [2.75, 3.05) is 0 Å². The van der Waals surface area contributed by atoms with Crippen LogP contribution in [0.5, 0.6) is 0 Å². The zero-order chi connectivity index (χ0) is 26.8. The second-order valence-electron chi connectivity index (χ2n) is 9.30. The summed E-state index contributed by atoms with van der Waals surface area (Å²) in [5, 5.41) is 10.8. The van der Waals surface area contributed by atoms with Crippen molar-refractivity contribution < 1.29 is 13.9 Å². The fraction of sp³-hybridized carbons (Fsp3) is 0.0968. The third kappa shape index (κ3) is 5.17. The highest BCUT2D eigenvalue weighted by Crippen LogP contribution is 2.33. The molecule has 7 nitrogen and oxygen atoms in total. The third-order valence-electron chi connectivity index (χ3n) is 6.65. The van der Waals surface area contributed by atoms with E-state index in [4.69, 9.17) is 4.74 Å². The lowest BCUT2D eigenvalue weighted by molar-refractivity contribution is 0.145. The van der Waals surface area contributed by atoms with Gasteiger partial charge in [-0.1, -0.05) is 66.7 Å². The molecule has 0 radical (unpaired) electrons. The molecule has 1 aliphatic rings.